The fourth-order valence-electron chi connectivity index (χ4n) is 2.51. The van der Waals surface area contributed by atoms with E-state index in [1.165, 1.54) is 14.0 Å². The third kappa shape index (κ3) is 6.62. The summed E-state index contributed by atoms with van der Waals surface area (Å²) in [5.74, 6) is -0.415. The van der Waals surface area contributed by atoms with E-state index in [1.54, 1.807) is 0 Å². The Morgan fingerprint density at radius 3 is 2.00 bits per heavy atom. The molecule has 0 aromatic rings. The van der Waals surface area contributed by atoms with Crippen LogP contribution < -0.4 is 5.32 Å². The number of hydrogen-bond acceptors (Lipinski definition) is 3. The number of amides is 1. The number of methoxy groups -OCH3 is 1. The van der Waals surface area contributed by atoms with Crippen molar-refractivity contribution in [2.24, 2.45) is 10.8 Å². The van der Waals surface area contributed by atoms with Crippen LogP contribution in [0, 0.1) is 10.8 Å². The molecule has 0 heterocycles. The monoisotopic (exact) mass is 257 g/mol. The third-order valence-electron chi connectivity index (χ3n) is 2.91. The van der Waals surface area contributed by atoms with Crippen molar-refractivity contribution in [2.45, 2.75) is 60.4 Å². The van der Waals surface area contributed by atoms with Gasteiger partial charge in [-0.2, -0.15) is 0 Å². The lowest BCUT2D eigenvalue weighted by molar-refractivity contribution is -0.142. The molecular formula is C14H27NO3. The van der Waals surface area contributed by atoms with Crippen molar-refractivity contribution in [3.05, 3.63) is 0 Å². The molecule has 0 bridgehead atoms. The number of hydrogen-bond donors (Lipinski definition) is 1. The average molecular weight is 257 g/mol. The highest BCUT2D eigenvalue weighted by Crippen LogP contribution is 2.37. The first kappa shape index (κ1) is 16.9. The number of esters is 1. The lowest BCUT2D eigenvalue weighted by atomic mass is 9.71. The van der Waals surface area contributed by atoms with Crippen LogP contribution in [-0.4, -0.2) is 25.0 Å². The Hall–Kier alpha value is -1.06. The van der Waals surface area contributed by atoms with Crippen molar-refractivity contribution in [3.8, 4) is 0 Å². The van der Waals surface area contributed by atoms with Crippen LogP contribution >= 0.6 is 0 Å². The molecule has 0 fully saturated rings. The van der Waals surface area contributed by atoms with Crippen molar-refractivity contribution in [3.63, 3.8) is 0 Å². The van der Waals surface area contributed by atoms with Crippen LogP contribution in [0.3, 0.4) is 0 Å². The van der Waals surface area contributed by atoms with Crippen LogP contribution in [0.2, 0.25) is 0 Å². The van der Waals surface area contributed by atoms with Gasteiger partial charge in [0.05, 0.1) is 13.5 Å². The van der Waals surface area contributed by atoms with Crippen molar-refractivity contribution in [2.75, 3.05) is 7.11 Å². The van der Waals surface area contributed by atoms with Gasteiger partial charge in [0.2, 0.25) is 5.91 Å². The first-order valence-electron chi connectivity index (χ1n) is 6.32. The average Bonchev–Trinajstić information content (AvgIpc) is 2.11. The van der Waals surface area contributed by atoms with Gasteiger partial charge in [-0.3, -0.25) is 9.59 Å². The normalized spacial score (nSPS) is 13.9. The van der Waals surface area contributed by atoms with Crippen LogP contribution in [-0.2, 0) is 14.3 Å². The van der Waals surface area contributed by atoms with Gasteiger partial charge in [-0.15, -0.1) is 0 Å². The molecule has 0 radical (unpaired) electrons. The fraction of sp³-hybridized carbons (Fsp3) is 0.857. The summed E-state index contributed by atoms with van der Waals surface area (Å²) in [6, 6.07) is -0.207. The first-order valence-corrected chi connectivity index (χ1v) is 6.32. The summed E-state index contributed by atoms with van der Waals surface area (Å²) in [4.78, 5) is 22.7. The lowest BCUT2D eigenvalue weighted by Crippen LogP contribution is -2.47. The maximum Gasteiger partial charge on any atom is 0.307 e. The molecule has 1 atom stereocenters. The predicted molar refractivity (Wildman–Crippen MR) is 72.1 cm³/mol. The highest BCUT2D eigenvalue weighted by Gasteiger charge is 2.35. The van der Waals surface area contributed by atoms with Crippen molar-refractivity contribution in [1.29, 1.82) is 0 Å². The lowest BCUT2D eigenvalue weighted by Gasteiger charge is -2.39. The third-order valence-corrected chi connectivity index (χ3v) is 2.91. The Balaban J connectivity index is 4.91. The largest absolute Gasteiger partial charge is 0.469 e. The molecule has 0 aliphatic carbocycles. The molecule has 4 heteroatoms. The summed E-state index contributed by atoms with van der Waals surface area (Å²) in [5, 5.41) is 2.87. The van der Waals surface area contributed by atoms with Gasteiger partial charge in [0.25, 0.3) is 0 Å². The van der Waals surface area contributed by atoms with Crippen LogP contribution in [0.1, 0.15) is 54.4 Å². The molecule has 0 saturated carbocycles. The molecule has 0 aliphatic rings. The minimum Gasteiger partial charge on any atom is -0.469 e. The van der Waals surface area contributed by atoms with Gasteiger partial charge in [0.15, 0.2) is 0 Å². The molecular weight excluding hydrogens is 230 g/mol. The van der Waals surface area contributed by atoms with Crippen molar-refractivity contribution < 1.29 is 14.3 Å². The smallest absolute Gasteiger partial charge is 0.307 e. The second kappa shape index (κ2) is 6.21. The number of ether oxygens (including phenoxy) is 1. The number of nitrogens with one attached hydrogen (secondary N) is 1. The second-order valence-corrected chi connectivity index (χ2v) is 6.76. The Labute approximate surface area is 110 Å². The van der Waals surface area contributed by atoms with E-state index < -0.39 is 0 Å². The molecule has 106 valence electrons. The molecule has 4 nitrogen and oxygen atoms in total. The van der Waals surface area contributed by atoms with Crippen LogP contribution in [0.15, 0.2) is 0 Å². The van der Waals surface area contributed by atoms with Gasteiger partial charge in [-0.25, -0.2) is 0 Å². The molecule has 1 unspecified atom stereocenters. The first-order chi connectivity index (χ1) is 7.98. The van der Waals surface area contributed by atoms with E-state index in [0.29, 0.717) is 0 Å². The summed E-state index contributed by atoms with van der Waals surface area (Å²) in [6.07, 6.45) is 1.11. The minimum absolute atomic E-state index is 0.120. The predicted octanol–water partition coefficient (Wildman–Crippen LogP) is 2.52. The zero-order valence-electron chi connectivity index (χ0n) is 12.7. The van der Waals surface area contributed by atoms with E-state index >= 15 is 0 Å². The quantitative estimate of drug-likeness (QED) is 0.770. The molecule has 1 N–H and O–H groups in total. The van der Waals surface area contributed by atoms with Gasteiger partial charge in [0, 0.05) is 13.0 Å². The van der Waals surface area contributed by atoms with Crippen molar-refractivity contribution >= 4 is 11.9 Å². The van der Waals surface area contributed by atoms with Crippen LogP contribution in [0.25, 0.3) is 0 Å². The van der Waals surface area contributed by atoms with E-state index in [0.717, 1.165) is 6.42 Å². The Morgan fingerprint density at radius 2 is 1.67 bits per heavy atom. The molecule has 1 amide bonds. The molecule has 18 heavy (non-hydrogen) atoms. The Kier molecular flexibility index (Phi) is 5.84. The van der Waals surface area contributed by atoms with E-state index in [4.69, 9.17) is 4.74 Å². The molecule has 0 rings (SSSR count). The van der Waals surface area contributed by atoms with Crippen LogP contribution in [0.5, 0.6) is 0 Å². The van der Waals surface area contributed by atoms with Crippen molar-refractivity contribution in [1.82, 2.24) is 5.32 Å². The number of carbonyl (C=O) groups excluding carboxylic acids is 2. The molecule has 0 aromatic carbocycles. The maximum atomic E-state index is 11.4. The van der Waals surface area contributed by atoms with Gasteiger partial charge in [-0.1, -0.05) is 34.6 Å². The Bertz CT molecular complexity index is 303. The van der Waals surface area contributed by atoms with Gasteiger partial charge < -0.3 is 10.1 Å². The molecule has 0 aromatic heterocycles. The molecule has 0 spiro atoms. The number of rotatable bonds is 5. The van der Waals surface area contributed by atoms with Crippen LogP contribution in [0.4, 0.5) is 0 Å². The summed E-state index contributed by atoms with van der Waals surface area (Å²) in [5.41, 5.74) is -0.0333. The van der Waals surface area contributed by atoms with Gasteiger partial charge in [0.1, 0.15) is 0 Å². The summed E-state index contributed by atoms with van der Waals surface area (Å²) in [6.45, 7) is 12.1. The maximum absolute atomic E-state index is 11.4. The second-order valence-electron chi connectivity index (χ2n) is 6.76. The topological polar surface area (TPSA) is 55.4 Å². The molecule has 0 saturated heterocycles. The Morgan fingerprint density at radius 1 is 1.17 bits per heavy atom. The van der Waals surface area contributed by atoms with E-state index in [2.05, 4.69) is 39.9 Å². The fourth-order valence-corrected chi connectivity index (χ4v) is 2.51. The summed E-state index contributed by atoms with van der Waals surface area (Å²) < 4.78 is 4.70. The highest BCUT2D eigenvalue weighted by molar-refractivity contribution is 5.75. The standard InChI is InChI=1S/C14H27NO3/c1-10(16)15-11(8-12(17)18-7)14(5,6)9-13(2,3)4/h11H,8-9H2,1-7H3,(H,15,16). The summed E-state index contributed by atoms with van der Waals surface area (Å²) in [7, 11) is 1.36. The zero-order chi connectivity index (χ0) is 14.6. The SMILES string of the molecule is COC(=O)CC(NC(C)=O)C(C)(C)CC(C)(C)C. The van der Waals surface area contributed by atoms with E-state index in [-0.39, 0.29) is 35.2 Å². The van der Waals surface area contributed by atoms with Gasteiger partial charge in [-0.05, 0) is 17.3 Å². The highest BCUT2D eigenvalue weighted by atomic mass is 16.5. The van der Waals surface area contributed by atoms with E-state index in [1.807, 2.05) is 0 Å². The van der Waals surface area contributed by atoms with E-state index in [9.17, 15) is 9.59 Å². The summed E-state index contributed by atoms with van der Waals surface area (Å²) >= 11 is 0. The van der Waals surface area contributed by atoms with Gasteiger partial charge >= 0.3 is 5.97 Å². The zero-order valence-corrected chi connectivity index (χ0v) is 12.7. The number of carbonyl (C=O) groups is 2. The minimum atomic E-state index is -0.296. The molecule has 0 aliphatic heterocycles.